The molecule has 1 aromatic carbocycles. The maximum Gasteiger partial charge on any atom is 0.269 e. The highest BCUT2D eigenvalue weighted by atomic mass is 35.5. The van der Waals surface area contributed by atoms with Gasteiger partial charge in [0.15, 0.2) is 0 Å². The lowest BCUT2D eigenvalue weighted by atomic mass is 10.1. The number of carbonyl (C=O) groups excluding carboxylic acids is 1. The molecule has 0 saturated carbocycles. The van der Waals surface area contributed by atoms with Crippen molar-refractivity contribution >= 4 is 35.2 Å². The molecule has 0 bridgehead atoms. The quantitative estimate of drug-likeness (QED) is 0.216. The zero-order valence-electron chi connectivity index (χ0n) is 12.5. The first-order valence-corrected chi connectivity index (χ1v) is 8.04. The fraction of sp³-hybridized carbons (Fsp3) is 0.353. The number of allylic oxidation sites excluding steroid dienone is 1. The average Bonchev–Trinajstić information content (AvgIpc) is 2.49. The van der Waals surface area contributed by atoms with Crippen LogP contribution in [-0.2, 0) is 4.79 Å². The molecule has 0 fully saturated rings. The van der Waals surface area contributed by atoms with Gasteiger partial charge in [-0.2, -0.15) is 0 Å². The van der Waals surface area contributed by atoms with Gasteiger partial charge in [0, 0.05) is 22.7 Å². The molecule has 0 atom stereocenters. The summed E-state index contributed by atoms with van der Waals surface area (Å²) in [7, 11) is 0. The van der Waals surface area contributed by atoms with Crippen molar-refractivity contribution in [2.24, 2.45) is 0 Å². The van der Waals surface area contributed by atoms with Gasteiger partial charge in [-0.3, -0.25) is 10.0 Å². The highest BCUT2D eigenvalue weighted by Crippen LogP contribution is 2.22. The van der Waals surface area contributed by atoms with Gasteiger partial charge in [-0.25, -0.2) is 5.06 Å². The predicted octanol–water partition coefficient (Wildman–Crippen LogP) is 5.36. The molecule has 0 unspecified atom stereocenters. The van der Waals surface area contributed by atoms with Gasteiger partial charge in [0.25, 0.3) is 5.91 Å². The number of nitrogens with zero attached hydrogens (tertiary/aromatic N) is 1. The van der Waals surface area contributed by atoms with Crippen LogP contribution in [0.15, 0.2) is 36.9 Å². The van der Waals surface area contributed by atoms with E-state index in [9.17, 15) is 10.0 Å². The fourth-order valence-corrected chi connectivity index (χ4v) is 2.37. The summed E-state index contributed by atoms with van der Waals surface area (Å²) in [5.74, 6) is -0.461. The second-order valence-corrected chi connectivity index (χ2v) is 5.80. The number of rotatable bonds is 9. The lowest BCUT2D eigenvalue weighted by Gasteiger charge is -2.12. The number of benzene rings is 1. The van der Waals surface area contributed by atoms with E-state index in [0.29, 0.717) is 22.2 Å². The molecule has 0 aromatic heterocycles. The van der Waals surface area contributed by atoms with Gasteiger partial charge >= 0.3 is 0 Å². The van der Waals surface area contributed by atoms with E-state index in [4.69, 9.17) is 23.2 Å². The lowest BCUT2D eigenvalue weighted by molar-refractivity contribution is -0.159. The largest absolute Gasteiger partial charge is 0.286 e. The first-order chi connectivity index (χ1) is 10.5. The normalized spacial score (nSPS) is 10.9. The molecule has 0 spiro atoms. The van der Waals surface area contributed by atoms with Crippen LogP contribution in [0.4, 0.5) is 0 Å². The molecule has 1 N–H and O–H groups in total. The molecule has 0 saturated heterocycles. The summed E-state index contributed by atoms with van der Waals surface area (Å²) in [5, 5.41) is 11.4. The van der Waals surface area contributed by atoms with Crippen LogP contribution in [0.2, 0.25) is 10.0 Å². The summed E-state index contributed by atoms with van der Waals surface area (Å²) in [6.07, 6.45) is 9.68. The number of carbonyl (C=O) groups is 1. The van der Waals surface area contributed by atoms with Crippen molar-refractivity contribution in [3.8, 4) is 0 Å². The van der Waals surface area contributed by atoms with Crippen molar-refractivity contribution < 1.29 is 10.0 Å². The average molecular weight is 342 g/mol. The predicted molar refractivity (Wildman–Crippen MR) is 92.3 cm³/mol. The number of hydroxylamine groups is 2. The smallest absolute Gasteiger partial charge is 0.269 e. The highest BCUT2D eigenvalue weighted by Gasteiger charge is 2.07. The first-order valence-electron chi connectivity index (χ1n) is 7.29. The summed E-state index contributed by atoms with van der Waals surface area (Å²) in [5.41, 5.74) is 0.678. The van der Waals surface area contributed by atoms with Crippen LogP contribution in [-0.4, -0.2) is 22.7 Å². The minimum atomic E-state index is -0.461. The molecule has 0 heterocycles. The molecule has 120 valence electrons. The molecule has 1 rings (SSSR count). The Labute approximate surface area is 141 Å². The van der Waals surface area contributed by atoms with E-state index in [2.05, 4.69) is 6.58 Å². The molecular formula is C17H21Cl2NO2. The summed E-state index contributed by atoms with van der Waals surface area (Å²) < 4.78 is 0. The second-order valence-electron chi connectivity index (χ2n) is 4.95. The molecule has 3 nitrogen and oxygen atoms in total. The number of hydrogen-bond acceptors (Lipinski definition) is 2. The van der Waals surface area contributed by atoms with Crippen LogP contribution >= 0.6 is 23.2 Å². The third-order valence-electron chi connectivity index (χ3n) is 3.15. The molecule has 0 aliphatic rings. The molecule has 0 radical (unpaired) electrons. The molecule has 22 heavy (non-hydrogen) atoms. The zero-order chi connectivity index (χ0) is 16.4. The standard InChI is InChI=1S/C17H21Cl2NO2/c1-2-3-4-5-6-7-12-20(22)17(21)11-9-14-8-10-15(18)13-16(14)19/h2,8-11,13,22H,1,3-7,12H2/b11-9+. The van der Waals surface area contributed by atoms with E-state index in [1.807, 2.05) is 6.08 Å². The van der Waals surface area contributed by atoms with E-state index in [1.165, 1.54) is 6.08 Å². The van der Waals surface area contributed by atoms with Crippen molar-refractivity contribution in [2.75, 3.05) is 6.54 Å². The second kappa shape index (κ2) is 10.4. The summed E-state index contributed by atoms with van der Waals surface area (Å²) in [6.45, 7) is 3.99. The Kier molecular flexibility index (Phi) is 8.90. The minimum absolute atomic E-state index is 0.325. The third-order valence-corrected chi connectivity index (χ3v) is 3.71. The molecular weight excluding hydrogens is 321 g/mol. The Morgan fingerprint density at radius 1 is 1.23 bits per heavy atom. The fourth-order valence-electron chi connectivity index (χ4n) is 1.90. The maximum atomic E-state index is 11.8. The molecule has 1 amide bonds. The monoisotopic (exact) mass is 341 g/mol. The van der Waals surface area contributed by atoms with Crippen LogP contribution in [0.1, 0.15) is 37.7 Å². The van der Waals surface area contributed by atoms with Crippen molar-refractivity contribution in [3.63, 3.8) is 0 Å². The Balaban J connectivity index is 2.37. The van der Waals surface area contributed by atoms with Gasteiger partial charge in [-0.1, -0.05) is 48.2 Å². The number of amides is 1. The van der Waals surface area contributed by atoms with Crippen LogP contribution in [0.5, 0.6) is 0 Å². The zero-order valence-corrected chi connectivity index (χ0v) is 14.0. The van der Waals surface area contributed by atoms with E-state index in [-0.39, 0.29) is 0 Å². The minimum Gasteiger partial charge on any atom is -0.286 e. The Bertz CT molecular complexity index is 529. The molecule has 1 aromatic rings. The molecule has 0 aliphatic carbocycles. The number of halogens is 2. The van der Waals surface area contributed by atoms with Gasteiger partial charge in [0.05, 0.1) is 0 Å². The van der Waals surface area contributed by atoms with E-state index in [1.54, 1.807) is 24.3 Å². The lowest BCUT2D eigenvalue weighted by Crippen LogP contribution is -2.26. The van der Waals surface area contributed by atoms with Crippen LogP contribution < -0.4 is 0 Å². The SMILES string of the molecule is C=CCCCCCCN(O)C(=O)/C=C/c1ccc(Cl)cc1Cl. The topological polar surface area (TPSA) is 40.5 Å². The van der Waals surface area contributed by atoms with Crippen molar-refractivity contribution in [2.45, 2.75) is 32.1 Å². The Morgan fingerprint density at radius 2 is 1.95 bits per heavy atom. The summed E-state index contributed by atoms with van der Waals surface area (Å²) in [6, 6.07) is 5.01. The number of unbranched alkanes of at least 4 members (excludes halogenated alkanes) is 4. The van der Waals surface area contributed by atoms with Crippen LogP contribution in [0, 0.1) is 0 Å². The maximum absolute atomic E-state index is 11.8. The molecule has 0 aliphatic heterocycles. The van der Waals surface area contributed by atoms with Gasteiger partial charge < -0.3 is 0 Å². The summed E-state index contributed by atoms with van der Waals surface area (Å²) in [4.78, 5) is 11.8. The Hall–Kier alpha value is -1.29. The first kappa shape index (κ1) is 18.8. The van der Waals surface area contributed by atoms with Crippen LogP contribution in [0.25, 0.3) is 6.08 Å². The highest BCUT2D eigenvalue weighted by molar-refractivity contribution is 6.35. The van der Waals surface area contributed by atoms with Crippen molar-refractivity contribution in [1.29, 1.82) is 0 Å². The van der Waals surface area contributed by atoms with Crippen molar-refractivity contribution in [3.05, 3.63) is 52.5 Å². The van der Waals surface area contributed by atoms with Crippen molar-refractivity contribution in [1.82, 2.24) is 5.06 Å². The van der Waals surface area contributed by atoms with Gasteiger partial charge in [0.1, 0.15) is 0 Å². The van der Waals surface area contributed by atoms with Gasteiger partial charge in [-0.05, 0) is 43.0 Å². The van der Waals surface area contributed by atoms with Crippen LogP contribution in [0.3, 0.4) is 0 Å². The summed E-state index contributed by atoms with van der Waals surface area (Å²) >= 11 is 11.8. The van der Waals surface area contributed by atoms with E-state index < -0.39 is 5.91 Å². The number of hydrogen-bond donors (Lipinski definition) is 1. The Morgan fingerprint density at radius 3 is 2.64 bits per heavy atom. The van der Waals surface area contributed by atoms with E-state index >= 15 is 0 Å². The third kappa shape index (κ3) is 7.12. The van der Waals surface area contributed by atoms with Gasteiger partial charge in [0.2, 0.25) is 0 Å². The molecule has 5 heteroatoms. The van der Waals surface area contributed by atoms with E-state index in [0.717, 1.165) is 37.2 Å². The van der Waals surface area contributed by atoms with Gasteiger partial charge in [-0.15, -0.1) is 6.58 Å².